The summed E-state index contributed by atoms with van der Waals surface area (Å²) in [7, 11) is 3.47. The van der Waals surface area contributed by atoms with Crippen molar-refractivity contribution in [2.24, 2.45) is 7.05 Å². The van der Waals surface area contributed by atoms with E-state index in [0.29, 0.717) is 24.4 Å². The van der Waals surface area contributed by atoms with E-state index in [2.05, 4.69) is 10.2 Å². The predicted octanol–water partition coefficient (Wildman–Crippen LogP) is 1.19. The van der Waals surface area contributed by atoms with Crippen molar-refractivity contribution in [3.05, 3.63) is 35.4 Å². The van der Waals surface area contributed by atoms with Gasteiger partial charge < -0.3 is 4.74 Å². The summed E-state index contributed by atoms with van der Waals surface area (Å²) in [6, 6.07) is 1.74. The van der Waals surface area contributed by atoms with Gasteiger partial charge in [-0.15, -0.1) is 0 Å². The van der Waals surface area contributed by atoms with Gasteiger partial charge in [0.05, 0.1) is 11.3 Å². The highest BCUT2D eigenvalue weighted by Gasteiger charge is 2.18. The molecular weight excluding hydrogens is 244 g/mol. The number of ketones is 1. The molecule has 2 aromatic rings. The molecule has 0 fully saturated rings. The minimum absolute atomic E-state index is 0.0412. The van der Waals surface area contributed by atoms with Crippen molar-refractivity contribution in [1.29, 1.82) is 0 Å². The third-order valence-electron chi connectivity index (χ3n) is 2.93. The van der Waals surface area contributed by atoms with Gasteiger partial charge in [-0.2, -0.15) is 10.2 Å². The van der Waals surface area contributed by atoms with Gasteiger partial charge >= 0.3 is 0 Å². The maximum Gasteiger partial charge on any atom is 0.214 e. The van der Waals surface area contributed by atoms with E-state index in [1.807, 2.05) is 6.92 Å². The Morgan fingerprint density at radius 1 is 1.47 bits per heavy atom. The number of aryl methyl sites for hydroxylation is 3. The molecule has 0 aliphatic carbocycles. The van der Waals surface area contributed by atoms with Crippen LogP contribution in [0, 0.1) is 6.92 Å². The van der Waals surface area contributed by atoms with E-state index in [4.69, 9.17) is 4.74 Å². The number of ether oxygens (including phenoxy) is 1. The lowest BCUT2D eigenvalue weighted by Crippen LogP contribution is -2.13. The molecule has 0 unspecified atom stereocenters. The van der Waals surface area contributed by atoms with Gasteiger partial charge in [-0.25, -0.2) is 0 Å². The van der Waals surface area contributed by atoms with Crippen LogP contribution in [0.25, 0.3) is 0 Å². The Labute approximate surface area is 112 Å². The quantitative estimate of drug-likeness (QED) is 0.579. The van der Waals surface area contributed by atoms with E-state index in [1.165, 1.54) is 0 Å². The van der Waals surface area contributed by atoms with Crippen molar-refractivity contribution in [2.45, 2.75) is 19.9 Å². The average molecular weight is 262 g/mol. The Hall–Kier alpha value is -1.95. The first-order valence-electron chi connectivity index (χ1n) is 6.19. The first kappa shape index (κ1) is 13.5. The molecular formula is C13H18N4O2. The molecule has 0 spiro atoms. The number of nitrogens with zero attached hydrogens (tertiary/aromatic N) is 4. The van der Waals surface area contributed by atoms with Gasteiger partial charge in [0, 0.05) is 39.7 Å². The minimum atomic E-state index is -0.0412. The first-order valence-corrected chi connectivity index (χ1v) is 6.19. The molecule has 6 nitrogen and oxygen atoms in total. The van der Waals surface area contributed by atoms with Crippen LogP contribution in [-0.2, 0) is 18.3 Å². The second kappa shape index (κ2) is 5.79. The number of aromatic nitrogens is 4. The summed E-state index contributed by atoms with van der Waals surface area (Å²) >= 11 is 0. The molecule has 0 saturated carbocycles. The zero-order valence-electron chi connectivity index (χ0n) is 11.5. The monoisotopic (exact) mass is 262 g/mol. The number of rotatable bonds is 6. The highest BCUT2D eigenvalue weighted by Crippen LogP contribution is 2.12. The highest BCUT2D eigenvalue weighted by molar-refractivity contribution is 6.08. The number of methoxy groups -OCH3 is 1. The first-order chi connectivity index (χ1) is 9.13. The van der Waals surface area contributed by atoms with Crippen LogP contribution in [0.5, 0.6) is 0 Å². The fourth-order valence-electron chi connectivity index (χ4n) is 2.02. The minimum Gasteiger partial charge on any atom is -0.385 e. The molecule has 2 rings (SSSR count). The summed E-state index contributed by atoms with van der Waals surface area (Å²) in [5.41, 5.74) is 1.94. The highest BCUT2D eigenvalue weighted by atomic mass is 16.5. The molecule has 0 aromatic carbocycles. The Balaban J connectivity index is 2.20. The molecule has 0 radical (unpaired) electrons. The lowest BCUT2D eigenvalue weighted by atomic mass is 10.1. The van der Waals surface area contributed by atoms with Gasteiger partial charge in [-0.1, -0.05) is 0 Å². The average Bonchev–Trinajstić information content (AvgIpc) is 2.95. The predicted molar refractivity (Wildman–Crippen MR) is 70.1 cm³/mol. The normalized spacial score (nSPS) is 10.9. The van der Waals surface area contributed by atoms with Crippen LogP contribution >= 0.6 is 0 Å². The summed E-state index contributed by atoms with van der Waals surface area (Å²) in [5, 5.41) is 8.38. The van der Waals surface area contributed by atoms with Gasteiger partial charge in [0.1, 0.15) is 5.69 Å². The molecule has 0 amide bonds. The Kier molecular flexibility index (Phi) is 4.11. The molecule has 0 N–H and O–H groups in total. The molecule has 2 heterocycles. The van der Waals surface area contributed by atoms with Crippen molar-refractivity contribution in [3.63, 3.8) is 0 Å². The zero-order valence-corrected chi connectivity index (χ0v) is 11.5. The molecule has 0 bridgehead atoms. The Bertz CT molecular complexity index is 571. The number of hydrogen-bond acceptors (Lipinski definition) is 4. The van der Waals surface area contributed by atoms with Crippen LogP contribution < -0.4 is 0 Å². The summed E-state index contributed by atoms with van der Waals surface area (Å²) < 4.78 is 8.37. The molecule has 19 heavy (non-hydrogen) atoms. The molecule has 2 aromatic heterocycles. The van der Waals surface area contributed by atoms with Gasteiger partial charge in [-0.3, -0.25) is 14.2 Å². The Morgan fingerprint density at radius 2 is 2.26 bits per heavy atom. The van der Waals surface area contributed by atoms with Crippen LogP contribution in [0.15, 0.2) is 18.5 Å². The number of carbonyl (C=O) groups excluding carboxylic acids is 1. The third-order valence-corrected chi connectivity index (χ3v) is 2.93. The lowest BCUT2D eigenvalue weighted by molar-refractivity contribution is 0.102. The van der Waals surface area contributed by atoms with E-state index < -0.39 is 0 Å². The summed E-state index contributed by atoms with van der Waals surface area (Å²) in [5.74, 6) is -0.0412. The smallest absolute Gasteiger partial charge is 0.214 e. The molecule has 0 saturated heterocycles. The molecule has 0 aliphatic heterocycles. The number of hydrogen-bond donors (Lipinski definition) is 0. The van der Waals surface area contributed by atoms with E-state index >= 15 is 0 Å². The second-order valence-electron chi connectivity index (χ2n) is 4.42. The fraction of sp³-hybridized carbons (Fsp3) is 0.462. The maximum atomic E-state index is 12.4. The van der Waals surface area contributed by atoms with Crippen LogP contribution in [-0.4, -0.2) is 39.1 Å². The molecule has 102 valence electrons. The van der Waals surface area contributed by atoms with E-state index in [-0.39, 0.29) is 5.78 Å². The summed E-state index contributed by atoms with van der Waals surface area (Å²) in [6.07, 6.45) is 4.21. The van der Waals surface area contributed by atoms with Crippen molar-refractivity contribution >= 4 is 5.78 Å². The molecule has 0 atom stereocenters. The zero-order chi connectivity index (χ0) is 13.8. The second-order valence-corrected chi connectivity index (χ2v) is 4.42. The van der Waals surface area contributed by atoms with E-state index in [0.717, 1.165) is 12.1 Å². The van der Waals surface area contributed by atoms with Crippen LogP contribution in [0.4, 0.5) is 0 Å². The fourth-order valence-corrected chi connectivity index (χ4v) is 2.02. The van der Waals surface area contributed by atoms with Gasteiger partial charge in [-0.05, 0) is 19.4 Å². The van der Waals surface area contributed by atoms with Gasteiger partial charge in [0.2, 0.25) is 5.78 Å². The maximum absolute atomic E-state index is 12.4. The third kappa shape index (κ3) is 2.90. The SMILES string of the molecule is COCCCn1nccc1C(=O)c1cn(C)nc1C. The van der Waals surface area contributed by atoms with Crippen molar-refractivity contribution in [3.8, 4) is 0 Å². The molecule has 0 aliphatic rings. The van der Waals surface area contributed by atoms with Gasteiger partial charge in [0.25, 0.3) is 0 Å². The molecule has 6 heteroatoms. The van der Waals surface area contributed by atoms with Gasteiger partial charge in [0.15, 0.2) is 0 Å². The van der Waals surface area contributed by atoms with E-state index in [9.17, 15) is 4.79 Å². The van der Waals surface area contributed by atoms with Crippen molar-refractivity contribution < 1.29 is 9.53 Å². The number of carbonyl (C=O) groups is 1. The summed E-state index contributed by atoms with van der Waals surface area (Å²) in [4.78, 5) is 12.4. The van der Waals surface area contributed by atoms with Crippen LogP contribution in [0.3, 0.4) is 0 Å². The van der Waals surface area contributed by atoms with Crippen LogP contribution in [0.2, 0.25) is 0 Å². The Morgan fingerprint density at radius 3 is 2.89 bits per heavy atom. The van der Waals surface area contributed by atoms with E-state index in [1.54, 1.807) is 42.0 Å². The standard InChI is InChI=1S/C13H18N4O2/c1-10-11(9-16(2)15-10)13(18)12-5-6-14-17(12)7-4-8-19-3/h5-6,9H,4,7-8H2,1-3H3. The van der Waals surface area contributed by atoms with Crippen molar-refractivity contribution in [2.75, 3.05) is 13.7 Å². The topological polar surface area (TPSA) is 61.9 Å². The van der Waals surface area contributed by atoms with Crippen LogP contribution in [0.1, 0.15) is 28.2 Å². The summed E-state index contributed by atoms with van der Waals surface area (Å²) in [6.45, 7) is 3.15. The lowest BCUT2D eigenvalue weighted by Gasteiger charge is -2.05. The van der Waals surface area contributed by atoms with Crippen molar-refractivity contribution in [1.82, 2.24) is 19.6 Å². The largest absolute Gasteiger partial charge is 0.385 e.